The van der Waals surface area contributed by atoms with Crippen LogP contribution in [0.3, 0.4) is 0 Å². The molecule has 0 bridgehead atoms. The zero-order chi connectivity index (χ0) is 9.73. The van der Waals surface area contributed by atoms with E-state index in [1.54, 1.807) is 0 Å². The summed E-state index contributed by atoms with van der Waals surface area (Å²) in [5.74, 6) is 0.419. The monoisotopic (exact) mass is 208 g/mol. The van der Waals surface area contributed by atoms with Gasteiger partial charge in [-0.3, -0.25) is 4.84 Å². The molecule has 0 radical (unpaired) electrons. The molecule has 6 heteroatoms. The van der Waals surface area contributed by atoms with Crippen molar-refractivity contribution in [1.29, 1.82) is 0 Å². The molecule has 78 valence electrons. The van der Waals surface area contributed by atoms with Gasteiger partial charge in [-0.2, -0.15) is 0 Å². The SMILES string of the molecule is CS(=O)(=O)NOCC1CCCNC1. The first-order chi connectivity index (χ1) is 6.08. The maximum absolute atomic E-state index is 10.6. The molecule has 5 nitrogen and oxygen atoms in total. The third kappa shape index (κ3) is 5.20. The van der Waals surface area contributed by atoms with Crippen molar-refractivity contribution in [3.8, 4) is 0 Å². The maximum Gasteiger partial charge on any atom is 0.230 e. The standard InChI is InChI=1S/C7H16N2O3S/c1-13(10,11)9-12-6-7-3-2-4-8-5-7/h7-9H,2-6H2,1H3. The summed E-state index contributed by atoms with van der Waals surface area (Å²) in [5, 5.41) is 3.23. The Bertz CT molecular complexity index is 234. The van der Waals surface area contributed by atoms with Gasteiger partial charge in [0, 0.05) is 6.54 Å². The molecule has 0 aliphatic carbocycles. The number of hydrogen-bond acceptors (Lipinski definition) is 4. The molecule has 1 saturated heterocycles. The van der Waals surface area contributed by atoms with Gasteiger partial charge in [0.15, 0.2) is 0 Å². The molecule has 1 fully saturated rings. The minimum atomic E-state index is -3.22. The minimum Gasteiger partial charge on any atom is -0.316 e. The fourth-order valence-electron chi connectivity index (χ4n) is 1.33. The van der Waals surface area contributed by atoms with Gasteiger partial charge in [-0.25, -0.2) is 8.42 Å². The van der Waals surface area contributed by atoms with Crippen molar-refractivity contribution in [2.24, 2.45) is 5.92 Å². The first-order valence-corrected chi connectivity index (χ1v) is 6.26. The van der Waals surface area contributed by atoms with E-state index >= 15 is 0 Å². The van der Waals surface area contributed by atoms with E-state index in [0.29, 0.717) is 12.5 Å². The average molecular weight is 208 g/mol. The number of nitrogens with one attached hydrogen (secondary N) is 2. The Morgan fingerprint density at radius 3 is 2.92 bits per heavy atom. The van der Waals surface area contributed by atoms with Crippen LogP contribution >= 0.6 is 0 Å². The highest BCUT2D eigenvalue weighted by atomic mass is 32.2. The summed E-state index contributed by atoms with van der Waals surface area (Å²) in [5.41, 5.74) is 0. The van der Waals surface area contributed by atoms with Crippen LogP contribution in [0.15, 0.2) is 0 Å². The van der Waals surface area contributed by atoms with Crippen LogP contribution in [0.25, 0.3) is 0 Å². The second-order valence-electron chi connectivity index (χ2n) is 3.38. The van der Waals surface area contributed by atoms with Gasteiger partial charge in [0.1, 0.15) is 0 Å². The van der Waals surface area contributed by atoms with Crippen molar-refractivity contribution in [2.75, 3.05) is 26.0 Å². The molecule has 2 N–H and O–H groups in total. The Kier molecular flexibility index (Phi) is 4.11. The van der Waals surface area contributed by atoms with Gasteiger partial charge < -0.3 is 5.32 Å². The smallest absolute Gasteiger partial charge is 0.230 e. The zero-order valence-electron chi connectivity index (χ0n) is 7.75. The third-order valence-corrected chi connectivity index (χ3v) is 2.35. The summed E-state index contributed by atoms with van der Waals surface area (Å²) < 4.78 is 21.2. The molecular formula is C7H16N2O3S. The molecule has 1 atom stereocenters. The molecule has 0 spiro atoms. The normalized spacial score (nSPS) is 24.5. The minimum absolute atomic E-state index is 0.419. The second-order valence-corrected chi connectivity index (χ2v) is 5.09. The van der Waals surface area contributed by atoms with E-state index in [0.717, 1.165) is 32.2 Å². The highest BCUT2D eigenvalue weighted by molar-refractivity contribution is 7.88. The van der Waals surface area contributed by atoms with E-state index in [1.807, 2.05) is 4.89 Å². The van der Waals surface area contributed by atoms with Crippen LogP contribution in [0.5, 0.6) is 0 Å². The summed E-state index contributed by atoms with van der Waals surface area (Å²) in [7, 11) is -3.22. The fraction of sp³-hybridized carbons (Fsp3) is 1.00. The quantitative estimate of drug-likeness (QED) is 0.609. The third-order valence-electron chi connectivity index (χ3n) is 1.93. The number of sulfonamides is 1. The first kappa shape index (κ1) is 10.9. The van der Waals surface area contributed by atoms with Gasteiger partial charge in [-0.05, 0) is 25.3 Å². The summed E-state index contributed by atoms with van der Waals surface area (Å²) in [4.78, 5) is 6.87. The Morgan fingerprint density at radius 1 is 1.62 bits per heavy atom. The van der Waals surface area contributed by atoms with Gasteiger partial charge >= 0.3 is 0 Å². The van der Waals surface area contributed by atoms with Crippen molar-refractivity contribution >= 4 is 10.0 Å². The van der Waals surface area contributed by atoms with E-state index in [1.165, 1.54) is 0 Å². The molecule has 1 aliphatic heterocycles. The van der Waals surface area contributed by atoms with Crippen molar-refractivity contribution in [3.63, 3.8) is 0 Å². The summed E-state index contributed by atoms with van der Waals surface area (Å²) in [6.07, 6.45) is 3.30. The van der Waals surface area contributed by atoms with Crippen LogP contribution in [-0.4, -0.2) is 34.4 Å². The lowest BCUT2D eigenvalue weighted by Crippen LogP contribution is -2.34. The highest BCUT2D eigenvalue weighted by Gasteiger charge is 2.13. The van der Waals surface area contributed by atoms with Crippen LogP contribution < -0.4 is 10.2 Å². The number of hydrogen-bond donors (Lipinski definition) is 2. The second kappa shape index (κ2) is 4.90. The predicted molar refractivity (Wildman–Crippen MR) is 49.5 cm³/mol. The van der Waals surface area contributed by atoms with E-state index in [9.17, 15) is 8.42 Å². The molecule has 1 rings (SSSR count). The molecule has 1 heterocycles. The van der Waals surface area contributed by atoms with Crippen molar-refractivity contribution in [3.05, 3.63) is 0 Å². The molecule has 0 aromatic carbocycles. The molecule has 0 aromatic heterocycles. The lowest BCUT2D eigenvalue weighted by atomic mass is 10.0. The van der Waals surface area contributed by atoms with Crippen LogP contribution in [0.1, 0.15) is 12.8 Å². The largest absolute Gasteiger partial charge is 0.316 e. The van der Waals surface area contributed by atoms with Crippen molar-refractivity contribution in [1.82, 2.24) is 10.2 Å². The van der Waals surface area contributed by atoms with Gasteiger partial charge in [0.25, 0.3) is 0 Å². The van der Waals surface area contributed by atoms with Gasteiger partial charge in [0.05, 0.1) is 12.9 Å². The lowest BCUT2D eigenvalue weighted by Gasteiger charge is -2.21. The van der Waals surface area contributed by atoms with E-state index in [2.05, 4.69) is 5.32 Å². The lowest BCUT2D eigenvalue weighted by molar-refractivity contribution is 0.0561. The topological polar surface area (TPSA) is 67.4 Å². The predicted octanol–water partition coefficient (Wildman–Crippen LogP) is -0.533. The van der Waals surface area contributed by atoms with Crippen molar-refractivity contribution < 1.29 is 13.3 Å². The van der Waals surface area contributed by atoms with Crippen LogP contribution in [0.2, 0.25) is 0 Å². The molecule has 13 heavy (non-hydrogen) atoms. The Labute approximate surface area is 78.9 Å². The average Bonchev–Trinajstić information content (AvgIpc) is 2.04. The number of rotatable bonds is 4. The van der Waals surface area contributed by atoms with Gasteiger partial charge in [-0.15, -0.1) is 0 Å². The maximum atomic E-state index is 10.6. The Morgan fingerprint density at radius 2 is 2.38 bits per heavy atom. The van der Waals surface area contributed by atoms with Gasteiger partial charge in [-0.1, -0.05) is 4.89 Å². The van der Waals surface area contributed by atoms with Gasteiger partial charge in [0.2, 0.25) is 10.0 Å². The molecule has 0 amide bonds. The summed E-state index contributed by atoms with van der Waals surface area (Å²) >= 11 is 0. The van der Waals surface area contributed by atoms with Crippen LogP contribution in [0, 0.1) is 5.92 Å². The van der Waals surface area contributed by atoms with E-state index in [4.69, 9.17) is 4.84 Å². The van der Waals surface area contributed by atoms with Crippen molar-refractivity contribution in [2.45, 2.75) is 12.8 Å². The van der Waals surface area contributed by atoms with E-state index < -0.39 is 10.0 Å². The first-order valence-electron chi connectivity index (χ1n) is 4.37. The Balaban J connectivity index is 2.11. The molecule has 1 unspecified atom stereocenters. The molecule has 0 aromatic rings. The van der Waals surface area contributed by atoms with Crippen LogP contribution in [0.4, 0.5) is 0 Å². The van der Waals surface area contributed by atoms with E-state index in [-0.39, 0.29) is 0 Å². The summed E-state index contributed by atoms with van der Waals surface area (Å²) in [6.45, 7) is 2.40. The molecule has 1 aliphatic rings. The number of piperidine rings is 1. The fourth-order valence-corrected chi connectivity index (χ4v) is 1.61. The Hall–Kier alpha value is -0.170. The molecular weight excluding hydrogens is 192 g/mol. The van der Waals surface area contributed by atoms with Crippen LogP contribution in [-0.2, 0) is 14.9 Å². The zero-order valence-corrected chi connectivity index (χ0v) is 8.56. The highest BCUT2D eigenvalue weighted by Crippen LogP contribution is 2.09. The summed E-state index contributed by atoms with van der Waals surface area (Å²) in [6, 6.07) is 0. The molecule has 0 saturated carbocycles.